The second-order valence-corrected chi connectivity index (χ2v) is 9.09. The van der Waals surface area contributed by atoms with Crippen LogP contribution in [0.4, 0.5) is 4.79 Å². The maximum atomic E-state index is 12.8. The number of amides is 2. The van der Waals surface area contributed by atoms with Crippen LogP contribution in [0.15, 0.2) is 60.7 Å². The van der Waals surface area contributed by atoms with Crippen LogP contribution in [0, 0.1) is 0 Å². The summed E-state index contributed by atoms with van der Waals surface area (Å²) < 4.78 is 5.54. The average molecular weight is 445 g/mol. The van der Waals surface area contributed by atoms with Crippen LogP contribution >= 0.6 is 11.6 Å². The fourth-order valence-corrected chi connectivity index (χ4v) is 3.71. The largest absolute Gasteiger partial charge is 0.444 e. The number of alkyl carbamates (subject to hydrolysis) is 1. The Hall–Kier alpha value is -2.53. The summed E-state index contributed by atoms with van der Waals surface area (Å²) >= 11 is 5.88. The van der Waals surface area contributed by atoms with Gasteiger partial charge in [-0.1, -0.05) is 60.7 Å². The fraction of sp³-hybridized carbons (Fsp3) is 0.440. The molecule has 0 radical (unpaired) electrons. The number of rotatable bonds is 8. The molecule has 31 heavy (non-hydrogen) atoms. The molecular weight excluding hydrogens is 412 g/mol. The van der Waals surface area contributed by atoms with E-state index in [2.05, 4.69) is 5.32 Å². The van der Waals surface area contributed by atoms with Gasteiger partial charge in [0.2, 0.25) is 5.91 Å². The number of nitrogens with one attached hydrogen (secondary N) is 1. The van der Waals surface area contributed by atoms with Gasteiger partial charge in [-0.3, -0.25) is 4.79 Å². The van der Waals surface area contributed by atoms with E-state index in [4.69, 9.17) is 16.3 Å². The molecular formula is C25H33ClN2O3. The second-order valence-electron chi connectivity index (χ2n) is 8.83. The highest BCUT2D eigenvalue weighted by Crippen LogP contribution is 2.29. The molecule has 6 heteroatoms. The molecule has 0 fully saturated rings. The van der Waals surface area contributed by atoms with E-state index in [1.165, 1.54) is 0 Å². The molecule has 1 atom stereocenters. The summed E-state index contributed by atoms with van der Waals surface area (Å²) in [6.07, 6.45) is -0.517. The zero-order chi connectivity index (χ0) is 23.0. The average Bonchev–Trinajstić information content (AvgIpc) is 2.71. The van der Waals surface area contributed by atoms with E-state index in [1.54, 1.807) is 4.90 Å². The SMILES string of the molecule is CC(C)N(C[C@@H](NC(=O)OC(C)(C)C)C(c1ccccc1)c1ccccc1)C(=O)CCl. The Morgan fingerprint density at radius 2 is 1.45 bits per heavy atom. The molecule has 0 spiro atoms. The van der Waals surface area contributed by atoms with Crippen molar-refractivity contribution in [2.45, 2.75) is 58.2 Å². The van der Waals surface area contributed by atoms with E-state index >= 15 is 0 Å². The summed E-state index contributed by atoms with van der Waals surface area (Å²) in [7, 11) is 0. The van der Waals surface area contributed by atoms with Gasteiger partial charge in [0.15, 0.2) is 0 Å². The van der Waals surface area contributed by atoms with Gasteiger partial charge in [-0.15, -0.1) is 11.6 Å². The molecule has 0 aliphatic rings. The number of ether oxygens (including phenoxy) is 1. The summed E-state index contributed by atoms with van der Waals surface area (Å²) in [5, 5.41) is 3.04. The Kier molecular flexibility index (Phi) is 8.93. The zero-order valence-corrected chi connectivity index (χ0v) is 19.7. The first-order chi connectivity index (χ1) is 14.6. The van der Waals surface area contributed by atoms with Gasteiger partial charge in [0.1, 0.15) is 11.5 Å². The molecule has 5 nitrogen and oxygen atoms in total. The van der Waals surface area contributed by atoms with Crippen LogP contribution in [-0.4, -0.2) is 47.0 Å². The molecule has 0 aliphatic heterocycles. The Labute approximate surface area is 190 Å². The highest BCUT2D eigenvalue weighted by atomic mass is 35.5. The Morgan fingerprint density at radius 1 is 0.968 bits per heavy atom. The summed E-state index contributed by atoms with van der Waals surface area (Å²) in [5.41, 5.74) is 1.45. The molecule has 2 aromatic carbocycles. The van der Waals surface area contributed by atoms with E-state index in [9.17, 15) is 9.59 Å². The van der Waals surface area contributed by atoms with Gasteiger partial charge >= 0.3 is 6.09 Å². The monoisotopic (exact) mass is 444 g/mol. The summed E-state index contributed by atoms with van der Waals surface area (Å²) in [5.74, 6) is -0.467. The van der Waals surface area contributed by atoms with Crippen LogP contribution in [0.3, 0.4) is 0 Å². The van der Waals surface area contributed by atoms with E-state index in [1.807, 2.05) is 95.3 Å². The van der Waals surface area contributed by atoms with E-state index in [-0.39, 0.29) is 23.7 Å². The van der Waals surface area contributed by atoms with Crippen LogP contribution in [0.25, 0.3) is 0 Å². The van der Waals surface area contributed by atoms with Crippen LogP contribution in [0.5, 0.6) is 0 Å². The molecule has 2 aromatic rings. The molecule has 0 aliphatic carbocycles. The molecule has 0 heterocycles. The van der Waals surface area contributed by atoms with Crippen molar-refractivity contribution in [1.82, 2.24) is 10.2 Å². The molecule has 0 bridgehead atoms. The Morgan fingerprint density at radius 3 is 1.84 bits per heavy atom. The first kappa shape index (κ1) is 24.7. The highest BCUT2D eigenvalue weighted by Gasteiger charge is 2.32. The van der Waals surface area contributed by atoms with Crippen molar-refractivity contribution in [3.05, 3.63) is 71.8 Å². The number of alkyl halides is 1. The van der Waals surface area contributed by atoms with Crippen molar-refractivity contribution in [2.24, 2.45) is 0 Å². The first-order valence-electron chi connectivity index (χ1n) is 10.6. The number of halogens is 1. The lowest BCUT2D eigenvalue weighted by Crippen LogP contribution is -2.52. The molecule has 2 rings (SSSR count). The third kappa shape index (κ3) is 7.59. The molecule has 0 aromatic heterocycles. The highest BCUT2D eigenvalue weighted by molar-refractivity contribution is 6.27. The standard InChI is InChI=1S/C25H33ClN2O3/c1-18(2)28(22(29)16-26)17-21(27-24(30)31-25(3,4)5)23(19-12-8-6-9-13-19)20-14-10-7-11-15-20/h6-15,18,21,23H,16-17H2,1-5H3,(H,27,30)/t21-/m1/s1. The van der Waals surface area contributed by atoms with Crippen molar-refractivity contribution < 1.29 is 14.3 Å². The number of hydrogen-bond acceptors (Lipinski definition) is 3. The summed E-state index contributed by atoms with van der Waals surface area (Å²) in [6.45, 7) is 9.65. The van der Waals surface area contributed by atoms with Crippen LogP contribution < -0.4 is 5.32 Å². The second kappa shape index (κ2) is 11.2. The topological polar surface area (TPSA) is 58.6 Å². The number of benzene rings is 2. The lowest BCUT2D eigenvalue weighted by molar-refractivity contribution is -0.130. The minimum atomic E-state index is -0.632. The lowest BCUT2D eigenvalue weighted by atomic mass is 9.84. The molecule has 1 N–H and O–H groups in total. The number of carbonyl (C=O) groups excluding carboxylic acids is 2. The Balaban J connectivity index is 2.50. The normalized spacial score (nSPS) is 12.5. The van der Waals surface area contributed by atoms with Crippen molar-refractivity contribution in [3.63, 3.8) is 0 Å². The predicted octanol–water partition coefficient (Wildman–Crippen LogP) is 5.19. The van der Waals surface area contributed by atoms with Gasteiger partial charge in [-0.25, -0.2) is 4.79 Å². The molecule has 2 amide bonds. The van der Waals surface area contributed by atoms with Crippen molar-refractivity contribution in [2.75, 3.05) is 12.4 Å². The third-order valence-electron chi connectivity index (χ3n) is 4.87. The molecule has 0 saturated carbocycles. The number of hydrogen-bond donors (Lipinski definition) is 1. The van der Waals surface area contributed by atoms with Gasteiger partial charge in [0, 0.05) is 18.5 Å². The van der Waals surface area contributed by atoms with Crippen molar-refractivity contribution >= 4 is 23.6 Å². The van der Waals surface area contributed by atoms with Crippen LogP contribution in [0.2, 0.25) is 0 Å². The van der Waals surface area contributed by atoms with Gasteiger partial charge in [0.05, 0.1) is 6.04 Å². The van der Waals surface area contributed by atoms with Gasteiger partial charge in [-0.05, 0) is 45.7 Å². The fourth-order valence-electron chi connectivity index (χ4n) is 3.56. The summed E-state index contributed by atoms with van der Waals surface area (Å²) in [4.78, 5) is 27.0. The molecule has 0 saturated heterocycles. The van der Waals surface area contributed by atoms with Crippen molar-refractivity contribution in [1.29, 1.82) is 0 Å². The Bertz CT molecular complexity index is 795. The van der Waals surface area contributed by atoms with Gasteiger partial charge in [0.25, 0.3) is 0 Å². The maximum absolute atomic E-state index is 12.8. The van der Waals surface area contributed by atoms with E-state index < -0.39 is 17.7 Å². The number of nitrogens with zero attached hydrogens (tertiary/aromatic N) is 1. The first-order valence-corrected chi connectivity index (χ1v) is 11.1. The molecule has 0 unspecified atom stereocenters. The van der Waals surface area contributed by atoms with E-state index in [0.29, 0.717) is 6.54 Å². The lowest BCUT2D eigenvalue weighted by Gasteiger charge is -2.36. The minimum absolute atomic E-state index is 0.0682. The predicted molar refractivity (Wildman–Crippen MR) is 125 cm³/mol. The van der Waals surface area contributed by atoms with Gasteiger partial charge in [-0.2, -0.15) is 0 Å². The number of carbonyl (C=O) groups is 2. The summed E-state index contributed by atoms with van der Waals surface area (Å²) in [6, 6.07) is 19.4. The maximum Gasteiger partial charge on any atom is 0.407 e. The van der Waals surface area contributed by atoms with E-state index in [0.717, 1.165) is 11.1 Å². The zero-order valence-electron chi connectivity index (χ0n) is 19.0. The van der Waals surface area contributed by atoms with Crippen LogP contribution in [-0.2, 0) is 9.53 Å². The minimum Gasteiger partial charge on any atom is -0.444 e. The smallest absolute Gasteiger partial charge is 0.407 e. The van der Waals surface area contributed by atoms with Gasteiger partial charge < -0.3 is 15.0 Å². The van der Waals surface area contributed by atoms with Crippen LogP contribution in [0.1, 0.15) is 51.7 Å². The van der Waals surface area contributed by atoms with Crippen molar-refractivity contribution in [3.8, 4) is 0 Å². The third-order valence-corrected chi connectivity index (χ3v) is 5.10. The quantitative estimate of drug-likeness (QED) is 0.570. The molecule has 168 valence electrons.